The van der Waals surface area contributed by atoms with E-state index in [9.17, 15) is 0 Å². The molecule has 0 unspecified atom stereocenters. The van der Waals surface area contributed by atoms with Crippen molar-refractivity contribution < 1.29 is 9.47 Å². The molecule has 0 aliphatic carbocycles. The van der Waals surface area contributed by atoms with E-state index in [1.165, 1.54) is 0 Å². The number of ether oxygens (including phenoxy) is 2. The monoisotopic (exact) mass is 218 g/mol. The molecule has 2 aromatic heterocycles. The second kappa shape index (κ2) is 4.55. The lowest BCUT2D eigenvalue weighted by Gasteiger charge is -2.13. The fraction of sp³-hybridized carbons (Fsp3) is 0.333. The molecule has 2 rings (SSSR count). The third-order valence-corrected chi connectivity index (χ3v) is 2.48. The van der Waals surface area contributed by atoms with Gasteiger partial charge in [-0.05, 0) is 30.7 Å². The number of aryl methyl sites for hydroxylation is 1. The standard InChI is InChI=1S/C12H14N2O2/c1-8-7-10(12(15-2)16-3)14-11-9(8)5-4-6-13-11/h4-7,12H,1-3H3. The van der Waals surface area contributed by atoms with Gasteiger partial charge < -0.3 is 9.47 Å². The van der Waals surface area contributed by atoms with Gasteiger partial charge in [-0.2, -0.15) is 0 Å². The Morgan fingerprint density at radius 3 is 2.69 bits per heavy atom. The number of pyridine rings is 2. The Labute approximate surface area is 94.2 Å². The molecule has 84 valence electrons. The zero-order chi connectivity index (χ0) is 11.5. The van der Waals surface area contributed by atoms with Crippen molar-refractivity contribution in [2.45, 2.75) is 13.2 Å². The number of fused-ring (bicyclic) bond motifs is 1. The molecule has 0 spiro atoms. The zero-order valence-corrected chi connectivity index (χ0v) is 9.60. The average molecular weight is 218 g/mol. The van der Waals surface area contributed by atoms with E-state index in [1.54, 1.807) is 20.4 Å². The lowest BCUT2D eigenvalue weighted by Crippen LogP contribution is -2.07. The topological polar surface area (TPSA) is 44.2 Å². The Morgan fingerprint density at radius 2 is 2.00 bits per heavy atom. The Morgan fingerprint density at radius 1 is 1.25 bits per heavy atom. The quantitative estimate of drug-likeness (QED) is 0.741. The summed E-state index contributed by atoms with van der Waals surface area (Å²) in [5, 5.41) is 1.05. The van der Waals surface area contributed by atoms with Gasteiger partial charge in [0, 0.05) is 25.8 Å². The van der Waals surface area contributed by atoms with E-state index in [0.717, 1.165) is 22.3 Å². The van der Waals surface area contributed by atoms with Crippen LogP contribution < -0.4 is 0 Å². The summed E-state index contributed by atoms with van der Waals surface area (Å²) in [6.07, 6.45) is 1.29. The summed E-state index contributed by atoms with van der Waals surface area (Å²) in [6.45, 7) is 2.03. The summed E-state index contributed by atoms with van der Waals surface area (Å²) in [4.78, 5) is 8.65. The van der Waals surface area contributed by atoms with E-state index in [-0.39, 0.29) is 0 Å². The number of hydrogen-bond donors (Lipinski definition) is 0. The van der Waals surface area contributed by atoms with Crippen LogP contribution in [0.25, 0.3) is 11.0 Å². The highest BCUT2D eigenvalue weighted by Gasteiger charge is 2.12. The van der Waals surface area contributed by atoms with Gasteiger partial charge in [-0.25, -0.2) is 9.97 Å². The first-order chi connectivity index (χ1) is 7.76. The molecule has 16 heavy (non-hydrogen) atoms. The summed E-state index contributed by atoms with van der Waals surface area (Å²) < 4.78 is 10.4. The first-order valence-corrected chi connectivity index (χ1v) is 5.04. The van der Waals surface area contributed by atoms with Gasteiger partial charge in [-0.15, -0.1) is 0 Å². The largest absolute Gasteiger partial charge is 0.350 e. The van der Waals surface area contributed by atoms with Crippen molar-refractivity contribution in [2.24, 2.45) is 0 Å². The van der Waals surface area contributed by atoms with Crippen LogP contribution >= 0.6 is 0 Å². The molecule has 0 aliphatic rings. The zero-order valence-electron chi connectivity index (χ0n) is 9.60. The summed E-state index contributed by atoms with van der Waals surface area (Å²) in [7, 11) is 3.18. The Hall–Kier alpha value is -1.52. The molecule has 0 saturated carbocycles. The van der Waals surface area contributed by atoms with Crippen LogP contribution in [0.1, 0.15) is 17.5 Å². The highest BCUT2D eigenvalue weighted by atomic mass is 16.7. The molecule has 0 atom stereocenters. The average Bonchev–Trinajstić information content (AvgIpc) is 2.31. The molecule has 0 amide bonds. The van der Waals surface area contributed by atoms with Crippen molar-refractivity contribution in [3.63, 3.8) is 0 Å². The van der Waals surface area contributed by atoms with Crippen LogP contribution in [0.3, 0.4) is 0 Å². The van der Waals surface area contributed by atoms with Gasteiger partial charge in [0.1, 0.15) is 0 Å². The number of methoxy groups -OCH3 is 2. The van der Waals surface area contributed by atoms with E-state index < -0.39 is 6.29 Å². The maximum Gasteiger partial charge on any atom is 0.200 e. The lowest BCUT2D eigenvalue weighted by molar-refractivity contribution is -0.108. The molecule has 4 nitrogen and oxygen atoms in total. The maximum atomic E-state index is 5.18. The minimum absolute atomic E-state index is 0.440. The summed E-state index contributed by atoms with van der Waals surface area (Å²) >= 11 is 0. The molecule has 0 aromatic carbocycles. The van der Waals surface area contributed by atoms with Crippen molar-refractivity contribution in [2.75, 3.05) is 14.2 Å². The predicted molar refractivity (Wildman–Crippen MR) is 61.0 cm³/mol. The van der Waals surface area contributed by atoms with E-state index in [4.69, 9.17) is 9.47 Å². The van der Waals surface area contributed by atoms with Crippen LogP contribution in [0, 0.1) is 6.92 Å². The molecule has 4 heteroatoms. The molecule has 0 aliphatic heterocycles. The molecular formula is C12H14N2O2. The van der Waals surface area contributed by atoms with Gasteiger partial charge in [0.2, 0.25) is 6.29 Å². The molecular weight excluding hydrogens is 204 g/mol. The minimum Gasteiger partial charge on any atom is -0.350 e. The number of aromatic nitrogens is 2. The third-order valence-electron chi connectivity index (χ3n) is 2.48. The number of nitrogens with zero attached hydrogens (tertiary/aromatic N) is 2. The van der Waals surface area contributed by atoms with Gasteiger partial charge in [0.05, 0.1) is 5.69 Å². The number of rotatable bonds is 3. The SMILES string of the molecule is COC(OC)c1cc(C)c2cccnc2n1. The van der Waals surface area contributed by atoms with Gasteiger partial charge in [-0.1, -0.05) is 0 Å². The first kappa shape index (κ1) is 11.0. The summed E-state index contributed by atoms with van der Waals surface area (Å²) in [6, 6.07) is 5.87. The molecule has 0 bridgehead atoms. The fourth-order valence-electron chi connectivity index (χ4n) is 1.71. The summed E-state index contributed by atoms with van der Waals surface area (Å²) in [5.74, 6) is 0. The number of hydrogen-bond acceptors (Lipinski definition) is 4. The minimum atomic E-state index is -0.440. The Kier molecular flexibility index (Phi) is 3.12. The first-order valence-electron chi connectivity index (χ1n) is 5.04. The van der Waals surface area contributed by atoms with Crippen molar-refractivity contribution in [1.82, 2.24) is 9.97 Å². The van der Waals surface area contributed by atoms with E-state index in [1.807, 2.05) is 25.1 Å². The van der Waals surface area contributed by atoms with Crippen LogP contribution in [0.2, 0.25) is 0 Å². The van der Waals surface area contributed by atoms with Crippen molar-refractivity contribution in [3.05, 3.63) is 35.7 Å². The smallest absolute Gasteiger partial charge is 0.200 e. The summed E-state index contributed by atoms with van der Waals surface area (Å²) in [5.41, 5.74) is 2.58. The van der Waals surface area contributed by atoms with Crippen molar-refractivity contribution in [1.29, 1.82) is 0 Å². The maximum absolute atomic E-state index is 5.18. The van der Waals surface area contributed by atoms with E-state index >= 15 is 0 Å². The highest BCUT2D eigenvalue weighted by molar-refractivity contribution is 5.78. The van der Waals surface area contributed by atoms with Crippen LogP contribution in [0.5, 0.6) is 0 Å². The third kappa shape index (κ3) is 1.89. The Balaban J connectivity index is 2.57. The van der Waals surface area contributed by atoms with E-state index in [0.29, 0.717) is 0 Å². The van der Waals surface area contributed by atoms with Gasteiger partial charge in [0.25, 0.3) is 0 Å². The highest BCUT2D eigenvalue weighted by Crippen LogP contribution is 2.21. The van der Waals surface area contributed by atoms with Crippen molar-refractivity contribution in [3.8, 4) is 0 Å². The van der Waals surface area contributed by atoms with Crippen LogP contribution in [-0.4, -0.2) is 24.2 Å². The molecule has 0 N–H and O–H groups in total. The normalized spacial score (nSPS) is 11.2. The molecule has 2 heterocycles. The second-order valence-corrected chi connectivity index (χ2v) is 3.54. The van der Waals surface area contributed by atoms with Crippen molar-refractivity contribution >= 4 is 11.0 Å². The van der Waals surface area contributed by atoms with Gasteiger partial charge in [-0.3, -0.25) is 0 Å². The predicted octanol–water partition coefficient (Wildman–Crippen LogP) is 2.23. The lowest BCUT2D eigenvalue weighted by atomic mass is 10.1. The molecule has 0 radical (unpaired) electrons. The van der Waals surface area contributed by atoms with Crippen LogP contribution in [0.4, 0.5) is 0 Å². The molecule has 2 aromatic rings. The van der Waals surface area contributed by atoms with E-state index in [2.05, 4.69) is 9.97 Å². The van der Waals surface area contributed by atoms with Gasteiger partial charge in [0.15, 0.2) is 5.65 Å². The Bertz CT molecular complexity index is 495. The van der Waals surface area contributed by atoms with Crippen LogP contribution in [0.15, 0.2) is 24.4 Å². The molecule has 0 saturated heterocycles. The fourth-order valence-corrected chi connectivity index (χ4v) is 1.71. The van der Waals surface area contributed by atoms with Gasteiger partial charge >= 0.3 is 0 Å². The molecule has 0 fully saturated rings. The second-order valence-electron chi connectivity index (χ2n) is 3.54. The van der Waals surface area contributed by atoms with Crippen LogP contribution in [-0.2, 0) is 9.47 Å².